The first-order valence-corrected chi connectivity index (χ1v) is 10.4. The second-order valence-electron chi connectivity index (χ2n) is 6.66. The van der Waals surface area contributed by atoms with Gasteiger partial charge in [0, 0.05) is 12.1 Å². The summed E-state index contributed by atoms with van der Waals surface area (Å²) in [6, 6.07) is 11.2. The van der Waals surface area contributed by atoms with Gasteiger partial charge < -0.3 is 9.64 Å². The number of quaternary nitrogens is 1. The highest BCUT2D eigenvalue weighted by Crippen LogP contribution is 2.30. The summed E-state index contributed by atoms with van der Waals surface area (Å²) in [6.07, 6.45) is -4.60. The lowest BCUT2D eigenvalue weighted by atomic mass is 10.1. The molecular formula is C19H22F3N2O3S+. The number of sulfonamides is 1. The lowest BCUT2D eigenvalue weighted by Crippen LogP contribution is -3.12. The van der Waals surface area contributed by atoms with E-state index in [-0.39, 0.29) is 6.54 Å². The summed E-state index contributed by atoms with van der Waals surface area (Å²) < 4.78 is 71.3. The molecule has 0 atom stereocenters. The maximum absolute atomic E-state index is 12.9. The van der Waals surface area contributed by atoms with Crippen LogP contribution in [-0.4, -0.2) is 34.7 Å². The Morgan fingerprint density at radius 1 is 1.00 bits per heavy atom. The van der Waals surface area contributed by atoms with Crippen molar-refractivity contribution in [3.05, 3.63) is 65.2 Å². The van der Waals surface area contributed by atoms with Crippen molar-refractivity contribution in [2.75, 3.05) is 26.3 Å². The molecule has 0 aromatic heterocycles. The van der Waals surface area contributed by atoms with Crippen LogP contribution in [0.1, 0.15) is 16.7 Å². The van der Waals surface area contributed by atoms with Gasteiger partial charge in [-0.05, 0) is 23.8 Å². The van der Waals surface area contributed by atoms with Crippen LogP contribution in [0.25, 0.3) is 0 Å². The second kappa shape index (κ2) is 8.60. The number of nitrogens with one attached hydrogen (secondary N) is 2. The maximum Gasteiger partial charge on any atom is 0.416 e. The zero-order valence-electron chi connectivity index (χ0n) is 15.1. The summed E-state index contributed by atoms with van der Waals surface area (Å²) in [7, 11) is -4.07. The maximum atomic E-state index is 12.9. The third-order valence-electron chi connectivity index (χ3n) is 4.68. The third kappa shape index (κ3) is 5.32. The molecule has 0 unspecified atom stereocenters. The van der Waals surface area contributed by atoms with Crippen LogP contribution in [-0.2, 0) is 34.0 Å². The van der Waals surface area contributed by atoms with Gasteiger partial charge in [-0.3, -0.25) is 0 Å². The second-order valence-corrected chi connectivity index (χ2v) is 8.42. The quantitative estimate of drug-likeness (QED) is 0.754. The van der Waals surface area contributed by atoms with E-state index in [0.717, 1.165) is 49.0 Å². The minimum atomic E-state index is -4.60. The number of halogens is 3. The molecule has 1 heterocycles. The van der Waals surface area contributed by atoms with E-state index in [2.05, 4.69) is 4.72 Å². The van der Waals surface area contributed by atoms with Crippen molar-refractivity contribution in [3.63, 3.8) is 0 Å². The normalized spacial score (nSPS) is 16.2. The molecule has 2 aromatic carbocycles. The van der Waals surface area contributed by atoms with Gasteiger partial charge >= 0.3 is 6.18 Å². The predicted octanol–water partition coefficient (Wildman–Crippen LogP) is 1.60. The molecule has 0 saturated carbocycles. The molecule has 0 radical (unpaired) electrons. The van der Waals surface area contributed by atoms with Crippen LogP contribution in [0.15, 0.2) is 53.4 Å². The first-order chi connectivity index (χ1) is 13.3. The number of morpholine rings is 1. The minimum Gasteiger partial charge on any atom is -0.370 e. The molecule has 9 heteroatoms. The summed E-state index contributed by atoms with van der Waals surface area (Å²) in [5.74, 6) is 0. The van der Waals surface area contributed by atoms with Crippen LogP contribution in [0.3, 0.4) is 0 Å². The van der Waals surface area contributed by atoms with Crippen LogP contribution < -0.4 is 9.62 Å². The van der Waals surface area contributed by atoms with E-state index in [1.165, 1.54) is 4.90 Å². The standard InChI is InChI=1S/C19H21F3N2O3S/c20-19(21,22)17-6-3-7-18(12-17)28(25,26)23-13-15-4-1-2-5-16(15)14-24-8-10-27-11-9-24/h1-7,12,23H,8-11,13-14H2/p+1. The number of hydrogen-bond acceptors (Lipinski definition) is 3. The van der Waals surface area contributed by atoms with E-state index >= 15 is 0 Å². The van der Waals surface area contributed by atoms with Gasteiger partial charge in [0.25, 0.3) is 0 Å². The van der Waals surface area contributed by atoms with E-state index in [1.54, 1.807) is 0 Å². The summed E-state index contributed by atoms with van der Waals surface area (Å²) in [5, 5.41) is 0. The number of alkyl halides is 3. The fourth-order valence-corrected chi connectivity index (χ4v) is 4.16. The number of hydrogen-bond donors (Lipinski definition) is 2. The average Bonchev–Trinajstić information content (AvgIpc) is 2.68. The highest BCUT2D eigenvalue weighted by molar-refractivity contribution is 7.89. The molecule has 1 fully saturated rings. The molecule has 0 aliphatic carbocycles. The molecule has 28 heavy (non-hydrogen) atoms. The van der Waals surface area contributed by atoms with Crippen molar-refractivity contribution in [2.24, 2.45) is 0 Å². The lowest BCUT2D eigenvalue weighted by molar-refractivity contribution is -0.921. The molecule has 1 aliphatic heterocycles. The topological polar surface area (TPSA) is 59.8 Å². The van der Waals surface area contributed by atoms with Gasteiger partial charge in [0.2, 0.25) is 10.0 Å². The molecule has 1 aliphatic rings. The Bertz CT molecular complexity index is 911. The molecule has 2 aromatic rings. The molecule has 5 nitrogen and oxygen atoms in total. The number of rotatable bonds is 6. The fraction of sp³-hybridized carbons (Fsp3) is 0.368. The van der Waals surface area contributed by atoms with Gasteiger partial charge in [-0.1, -0.05) is 30.3 Å². The Labute approximate surface area is 162 Å². The van der Waals surface area contributed by atoms with Crippen LogP contribution >= 0.6 is 0 Å². The summed E-state index contributed by atoms with van der Waals surface area (Å²) in [6.45, 7) is 3.90. The van der Waals surface area contributed by atoms with Crippen molar-refractivity contribution in [3.8, 4) is 0 Å². The lowest BCUT2D eigenvalue weighted by Gasteiger charge is -2.24. The van der Waals surface area contributed by atoms with Gasteiger partial charge in [0.05, 0.1) is 23.7 Å². The molecule has 0 bridgehead atoms. The first-order valence-electron chi connectivity index (χ1n) is 8.91. The zero-order valence-corrected chi connectivity index (χ0v) is 15.9. The van der Waals surface area contributed by atoms with Gasteiger partial charge in [0.1, 0.15) is 19.6 Å². The van der Waals surface area contributed by atoms with Gasteiger partial charge in [0.15, 0.2) is 0 Å². The van der Waals surface area contributed by atoms with Crippen LogP contribution in [0, 0.1) is 0 Å². The molecule has 2 N–H and O–H groups in total. The van der Waals surface area contributed by atoms with E-state index < -0.39 is 26.7 Å². The molecule has 0 amide bonds. The van der Waals surface area contributed by atoms with E-state index in [9.17, 15) is 21.6 Å². The van der Waals surface area contributed by atoms with Crippen LogP contribution in [0.2, 0.25) is 0 Å². The minimum absolute atomic E-state index is 0.0124. The number of benzene rings is 2. The molecule has 3 rings (SSSR count). The van der Waals surface area contributed by atoms with Crippen molar-refractivity contribution < 1.29 is 31.2 Å². The van der Waals surface area contributed by atoms with E-state index in [1.807, 2.05) is 24.3 Å². The van der Waals surface area contributed by atoms with E-state index in [0.29, 0.717) is 19.3 Å². The Hall–Kier alpha value is -1.94. The highest BCUT2D eigenvalue weighted by Gasteiger charge is 2.31. The Balaban J connectivity index is 1.73. The molecule has 0 spiro atoms. The fourth-order valence-electron chi connectivity index (χ4n) is 3.10. The average molecular weight is 415 g/mol. The van der Waals surface area contributed by atoms with E-state index in [4.69, 9.17) is 4.74 Å². The highest BCUT2D eigenvalue weighted by atomic mass is 32.2. The largest absolute Gasteiger partial charge is 0.416 e. The van der Waals surface area contributed by atoms with Crippen molar-refractivity contribution in [1.29, 1.82) is 0 Å². The van der Waals surface area contributed by atoms with Crippen molar-refractivity contribution in [2.45, 2.75) is 24.2 Å². The smallest absolute Gasteiger partial charge is 0.370 e. The first kappa shape index (κ1) is 20.8. The molecular weight excluding hydrogens is 393 g/mol. The van der Waals surface area contributed by atoms with Gasteiger partial charge in [-0.25, -0.2) is 13.1 Å². The van der Waals surface area contributed by atoms with Gasteiger partial charge in [-0.2, -0.15) is 13.2 Å². The van der Waals surface area contributed by atoms with Gasteiger partial charge in [-0.15, -0.1) is 0 Å². The number of ether oxygens (including phenoxy) is 1. The summed E-state index contributed by atoms with van der Waals surface area (Å²) in [4.78, 5) is 0.943. The third-order valence-corrected chi connectivity index (χ3v) is 6.08. The summed E-state index contributed by atoms with van der Waals surface area (Å²) in [5.41, 5.74) is 0.815. The Morgan fingerprint density at radius 3 is 2.36 bits per heavy atom. The predicted molar refractivity (Wildman–Crippen MR) is 97.1 cm³/mol. The SMILES string of the molecule is O=S(=O)(NCc1ccccc1C[NH+]1CCOCC1)c1cccc(C(F)(F)F)c1. The summed E-state index contributed by atoms with van der Waals surface area (Å²) >= 11 is 0. The van der Waals surface area contributed by atoms with Crippen LogP contribution in [0.4, 0.5) is 13.2 Å². The Kier molecular flexibility index (Phi) is 6.39. The van der Waals surface area contributed by atoms with Crippen LogP contribution in [0.5, 0.6) is 0 Å². The van der Waals surface area contributed by atoms with Crippen molar-refractivity contribution >= 4 is 10.0 Å². The van der Waals surface area contributed by atoms with Crippen molar-refractivity contribution in [1.82, 2.24) is 4.72 Å². The Morgan fingerprint density at radius 2 is 1.68 bits per heavy atom. The zero-order chi connectivity index (χ0) is 20.2. The molecule has 1 saturated heterocycles. The monoisotopic (exact) mass is 415 g/mol. The molecule has 152 valence electrons.